The Morgan fingerprint density at radius 3 is 2.69 bits per heavy atom. The minimum atomic E-state index is -4.42. The molecule has 1 saturated heterocycles. The van der Waals surface area contributed by atoms with E-state index in [9.17, 15) is 22.8 Å². The monoisotopic (exact) mass is 407 g/mol. The Balaban J connectivity index is 1.59. The number of rotatable bonds is 5. The molecule has 0 radical (unpaired) electrons. The van der Waals surface area contributed by atoms with Gasteiger partial charge in [-0.25, -0.2) is 9.97 Å². The number of anilines is 2. The lowest BCUT2D eigenvalue weighted by Gasteiger charge is -2.18. The first-order valence-electron chi connectivity index (χ1n) is 9.11. The van der Waals surface area contributed by atoms with E-state index < -0.39 is 11.7 Å². The van der Waals surface area contributed by atoms with Gasteiger partial charge in [0.2, 0.25) is 5.91 Å². The van der Waals surface area contributed by atoms with Crippen LogP contribution in [0.4, 0.5) is 24.8 Å². The van der Waals surface area contributed by atoms with Crippen LogP contribution in [0.1, 0.15) is 35.7 Å². The van der Waals surface area contributed by atoms with Gasteiger partial charge in [0.15, 0.2) is 0 Å². The number of hydrogen-bond donors (Lipinski definition) is 2. The number of carbonyl (C=O) groups is 2. The second kappa shape index (κ2) is 8.46. The first kappa shape index (κ1) is 20.6. The molecule has 1 aliphatic heterocycles. The van der Waals surface area contributed by atoms with Gasteiger partial charge in [-0.1, -0.05) is 6.92 Å². The average Bonchev–Trinajstić information content (AvgIpc) is 3.16. The van der Waals surface area contributed by atoms with Crippen LogP contribution in [-0.2, 0) is 11.0 Å². The quantitative estimate of drug-likeness (QED) is 0.796. The number of nitrogens with one attached hydrogen (secondary N) is 2. The zero-order valence-electron chi connectivity index (χ0n) is 15.7. The smallest absolute Gasteiger partial charge is 0.354 e. The maximum Gasteiger partial charge on any atom is 0.417 e. The SMILES string of the molecule is CCC(=O)Nc1cc(C(=O)N[C@@H]2CCN(c3ccc(C(F)(F)F)cn3)C2)ccn1. The first-order chi connectivity index (χ1) is 13.8. The van der Waals surface area contributed by atoms with Crippen LogP contribution in [0, 0.1) is 0 Å². The number of pyridine rings is 2. The summed E-state index contributed by atoms with van der Waals surface area (Å²) in [5, 5.41) is 5.49. The highest BCUT2D eigenvalue weighted by Crippen LogP contribution is 2.29. The van der Waals surface area contributed by atoms with Crippen molar-refractivity contribution in [3.05, 3.63) is 47.8 Å². The molecule has 1 fully saturated rings. The van der Waals surface area contributed by atoms with Gasteiger partial charge in [0.1, 0.15) is 11.6 Å². The summed E-state index contributed by atoms with van der Waals surface area (Å²) in [6.07, 6.45) is -1.24. The number of hydrogen-bond acceptors (Lipinski definition) is 5. The van der Waals surface area contributed by atoms with Crippen molar-refractivity contribution in [2.24, 2.45) is 0 Å². The van der Waals surface area contributed by atoms with Crippen LogP contribution >= 0.6 is 0 Å². The lowest BCUT2D eigenvalue weighted by atomic mass is 10.2. The second-order valence-electron chi connectivity index (χ2n) is 6.64. The molecule has 2 aromatic rings. The Kier molecular flexibility index (Phi) is 6.00. The van der Waals surface area contributed by atoms with Gasteiger partial charge in [-0.15, -0.1) is 0 Å². The van der Waals surface area contributed by atoms with Crippen LogP contribution in [0.25, 0.3) is 0 Å². The molecule has 0 bridgehead atoms. The molecular formula is C19H20F3N5O2. The maximum atomic E-state index is 12.7. The molecule has 0 aliphatic carbocycles. The Hall–Kier alpha value is -3.17. The number of alkyl halides is 3. The molecule has 2 amide bonds. The third-order valence-electron chi connectivity index (χ3n) is 4.53. The maximum absolute atomic E-state index is 12.7. The van der Waals surface area contributed by atoms with E-state index in [0.29, 0.717) is 43.1 Å². The summed E-state index contributed by atoms with van der Waals surface area (Å²) in [5.41, 5.74) is -0.438. The highest BCUT2D eigenvalue weighted by Gasteiger charge is 2.31. The van der Waals surface area contributed by atoms with Gasteiger partial charge in [-0.2, -0.15) is 13.2 Å². The zero-order valence-corrected chi connectivity index (χ0v) is 15.7. The molecular weight excluding hydrogens is 387 g/mol. The van der Waals surface area contributed by atoms with Crippen LogP contribution < -0.4 is 15.5 Å². The first-order valence-corrected chi connectivity index (χ1v) is 9.11. The number of amides is 2. The predicted octanol–water partition coefficient (Wildman–Crippen LogP) is 2.85. The summed E-state index contributed by atoms with van der Waals surface area (Å²) in [5.74, 6) is 0.215. The summed E-state index contributed by atoms with van der Waals surface area (Å²) in [7, 11) is 0. The standard InChI is InChI=1S/C19H20F3N5O2/c1-2-17(28)26-15-9-12(5-7-23-15)18(29)25-14-6-8-27(11-14)16-4-3-13(10-24-16)19(20,21)22/h3-5,7,9-10,14H,2,6,8,11H2,1H3,(H,25,29)(H,23,26,28)/t14-/m1/s1. The van der Waals surface area contributed by atoms with Crippen molar-refractivity contribution in [1.82, 2.24) is 15.3 Å². The molecule has 0 aromatic carbocycles. The third-order valence-corrected chi connectivity index (χ3v) is 4.53. The minimum Gasteiger partial charge on any atom is -0.354 e. The molecule has 3 heterocycles. The molecule has 2 aromatic heterocycles. The van der Waals surface area contributed by atoms with E-state index in [1.54, 1.807) is 13.0 Å². The highest BCUT2D eigenvalue weighted by molar-refractivity contribution is 5.96. The van der Waals surface area contributed by atoms with Crippen molar-refractivity contribution in [3.8, 4) is 0 Å². The fourth-order valence-electron chi connectivity index (χ4n) is 2.97. The lowest BCUT2D eigenvalue weighted by molar-refractivity contribution is -0.137. The molecule has 1 atom stereocenters. The van der Waals surface area contributed by atoms with Gasteiger partial charge < -0.3 is 15.5 Å². The van der Waals surface area contributed by atoms with E-state index in [1.165, 1.54) is 18.3 Å². The van der Waals surface area contributed by atoms with Crippen LogP contribution in [0.15, 0.2) is 36.7 Å². The largest absolute Gasteiger partial charge is 0.417 e. The van der Waals surface area contributed by atoms with Crippen molar-refractivity contribution < 1.29 is 22.8 Å². The fraction of sp³-hybridized carbons (Fsp3) is 0.368. The zero-order chi connectivity index (χ0) is 21.0. The number of carbonyl (C=O) groups excluding carboxylic acids is 2. The Morgan fingerprint density at radius 2 is 2.03 bits per heavy atom. The van der Waals surface area contributed by atoms with E-state index >= 15 is 0 Å². The van der Waals surface area contributed by atoms with Crippen molar-refractivity contribution in [2.45, 2.75) is 32.0 Å². The molecule has 0 saturated carbocycles. The highest BCUT2D eigenvalue weighted by atomic mass is 19.4. The molecule has 0 spiro atoms. The molecule has 1 aliphatic rings. The van der Waals surface area contributed by atoms with Gasteiger partial charge >= 0.3 is 6.18 Å². The molecule has 0 unspecified atom stereocenters. The summed E-state index contributed by atoms with van der Waals surface area (Å²) >= 11 is 0. The van der Waals surface area contributed by atoms with E-state index in [0.717, 1.165) is 12.3 Å². The van der Waals surface area contributed by atoms with E-state index in [-0.39, 0.29) is 17.9 Å². The minimum absolute atomic E-state index is 0.173. The Labute approximate surface area is 165 Å². The van der Waals surface area contributed by atoms with E-state index in [4.69, 9.17) is 0 Å². The lowest BCUT2D eigenvalue weighted by Crippen LogP contribution is -2.37. The van der Waals surface area contributed by atoms with Crippen molar-refractivity contribution in [2.75, 3.05) is 23.3 Å². The van der Waals surface area contributed by atoms with Crippen LogP contribution in [-0.4, -0.2) is 40.9 Å². The fourth-order valence-corrected chi connectivity index (χ4v) is 2.97. The molecule has 2 N–H and O–H groups in total. The van der Waals surface area contributed by atoms with Gasteiger partial charge in [-0.05, 0) is 30.7 Å². The summed E-state index contributed by atoms with van der Waals surface area (Å²) in [6.45, 7) is 2.72. The number of nitrogens with zero attached hydrogens (tertiary/aromatic N) is 3. The summed E-state index contributed by atoms with van der Waals surface area (Å²) in [4.78, 5) is 33.7. The summed E-state index contributed by atoms with van der Waals surface area (Å²) in [6, 6.07) is 5.19. The van der Waals surface area contributed by atoms with Crippen molar-refractivity contribution >= 4 is 23.5 Å². The topological polar surface area (TPSA) is 87.2 Å². The van der Waals surface area contributed by atoms with Gasteiger partial charge in [0.25, 0.3) is 5.91 Å². The molecule has 3 rings (SSSR count). The van der Waals surface area contributed by atoms with Crippen molar-refractivity contribution in [3.63, 3.8) is 0 Å². The Morgan fingerprint density at radius 1 is 1.24 bits per heavy atom. The molecule has 154 valence electrons. The van der Waals surface area contributed by atoms with Gasteiger partial charge in [0.05, 0.1) is 5.56 Å². The Bertz CT molecular complexity index is 886. The number of aromatic nitrogens is 2. The summed E-state index contributed by atoms with van der Waals surface area (Å²) < 4.78 is 38.0. The number of halogens is 3. The molecule has 10 heteroatoms. The van der Waals surface area contributed by atoms with Crippen LogP contribution in [0.5, 0.6) is 0 Å². The predicted molar refractivity (Wildman–Crippen MR) is 100 cm³/mol. The van der Waals surface area contributed by atoms with Crippen molar-refractivity contribution in [1.29, 1.82) is 0 Å². The molecule has 29 heavy (non-hydrogen) atoms. The average molecular weight is 407 g/mol. The van der Waals surface area contributed by atoms with E-state index in [1.807, 2.05) is 4.90 Å². The molecule has 7 nitrogen and oxygen atoms in total. The second-order valence-corrected chi connectivity index (χ2v) is 6.64. The van der Waals surface area contributed by atoms with E-state index in [2.05, 4.69) is 20.6 Å². The normalized spacial score (nSPS) is 16.6. The van der Waals surface area contributed by atoms with Crippen LogP contribution in [0.2, 0.25) is 0 Å². The van der Waals surface area contributed by atoms with Gasteiger partial charge in [-0.3, -0.25) is 9.59 Å². The van der Waals surface area contributed by atoms with Crippen LogP contribution in [0.3, 0.4) is 0 Å². The third kappa shape index (κ3) is 5.21. The van der Waals surface area contributed by atoms with Gasteiger partial charge in [0, 0.05) is 43.5 Å².